The largest absolute Gasteiger partial charge is 0.368 e. The third-order valence-corrected chi connectivity index (χ3v) is 3.64. The molecular weight excluding hydrogens is 204 g/mol. The van der Waals surface area contributed by atoms with Crippen LogP contribution in [0.25, 0.3) is 0 Å². The number of rotatable bonds is 4. The van der Waals surface area contributed by atoms with Gasteiger partial charge in [0.1, 0.15) is 6.10 Å². The molecular formula is C12H22N2O2. The zero-order valence-electron chi connectivity index (χ0n) is 10.1. The van der Waals surface area contributed by atoms with Crippen LogP contribution >= 0.6 is 0 Å². The molecule has 4 nitrogen and oxygen atoms in total. The van der Waals surface area contributed by atoms with E-state index in [1.165, 1.54) is 19.4 Å². The number of hydrogen-bond acceptors (Lipinski definition) is 3. The predicted octanol–water partition coefficient (Wildman–Crippen LogP) is 0.766. The molecule has 2 rings (SSSR count). The van der Waals surface area contributed by atoms with Gasteiger partial charge in [-0.05, 0) is 38.8 Å². The molecule has 1 amide bonds. The van der Waals surface area contributed by atoms with Crippen molar-refractivity contribution >= 4 is 5.91 Å². The van der Waals surface area contributed by atoms with Crippen LogP contribution in [0.3, 0.4) is 0 Å². The summed E-state index contributed by atoms with van der Waals surface area (Å²) in [6, 6.07) is 0.537. The first-order valence-electron chi connectivity index (χ1n) is 6.44. The summed E-state index contributed by atoms with van der Waals surface area (Å²) in [6.45, 7) is 5.97. The molecule has 0 radical (unpaired) electrons. The summed E-state index contributed by atoms with van der Waals surface area (Å²) in [5, 5.41) is 3.03. The van der Waals surface area contributed by atoms with Gasteiger partial charge >= 0.3 is 0 Å². The van der Waals surface area contributed by atoms with Crippen molar-refractivity contribution in [2.24, 2.45) is 0 Å². The van der Waals surface area contributed by atoms with E-state index >= 15 is 0 Å². The first-order chi connectivity index (χ1) is 7.81. The zero-order chi connectivity index (χ0) is 11.4. The summed E-state index contributed by atoms with van der Waals surface area (Å²) in [5.41, 5.74) is 0. The molecule has 0 aromatic rings. The first kappa shape index (κ1) is 11.9. The number of ether oxygens (including phenoxy) is 1. The molecule has 0 bridgehead atoms. The van der Waals surface area contributed by atoms with Crippen molar-refractivity contribution in [3.05, 3.63) is 0 Å². The van der Waals surface area contributed by atoms with Gasteiger partial charge in [-0.3, -0.25) is 9.69 Å². The van der Waals surface area contributed by atoms with Crippen LogP contribution in [0.4, 0.5) is 0 Å². The number of amides is 1. The molecule has 0 aliphatic carbocycles. The molecule has 2 unspecified atom stereocenters. The predicted molar refractivity (Wildman–Crippen MR) is 62.3 cm³/mol. The molecule has 0 aromatic carbocycles. The molecule has 2 heterocycles. The number of carbonyl (C=O) groups excluding carboxylic acids is 1. The molecule has 16 heavy (non-hydrogen) atoms. The highest BCUT2D eigenvalue weighted by Gasteiger charge is 2.26. The lowest BCUT2D eigenvalue weighted by Gasteiger charge is -2.23. The van der Waals surface area contributed by atoms with Crippen molar-refractivity contribution in [1.82, 2.24) is 10.2 Å². The van der Waals surface area contributed by atoms with Crippen molar-refractivity contribution in [2.45, 2.75) is 44.8 Å². The van der Waals surface area contributed by atoms with Gasteiger partial charge < -0.3 is 10.1 Å². The molecule has 0 spiro atoms. The second-order valence-corrected chi connectivity index (χ2v) is 4.67. The second-order valence-electron chi connectivity index (χ2n) is 4.67. The first-order valence-corrected chi connectivity index (χ1v) is 6.44. The van der Waals surface area contributed by atoms with E-state index in [0.717, 1.165) is 32.5 Å². The molecule has 2 saturated heterocycles. The van der Waals surface area contributed by atoms with Gasteiger partial charge in [0.25, 0.3) is 0 Å². The highest BCUT2D eigenvalue weighted by Crippen LogP contribution is 2.16. The summed E-state index contributed by atoms with van der Waals surface area (Å²) in [5.74, 6) is 0.0838. The Kier molecular flexibility index (Phi) is 4.18. The van der Waals surface area contributed by atoms with Crippen molar-refractivity contribution < 1.29 is 9.53 Å². The van der Waals surface area contributed by atoms with Crippen LogP contribution in [0.5, 0.6) is 0 Å². The minimum absolute atomic E-state index is 0.0838. The highest BCUT2D eigenvalue weighted by molar-refractivity contribution is 5.80. The fourth-order valence-electron chi connectivity index (χ4n) is 2.66. The Balaban J connectivity index is 1.71. The van der Waals surface area contributed by atoms with Gasteiger partial charge in [0, 0.05) is 19.2 Å². The Morgan fingerprint density at radius 2 is 2.31 bits per heavy atom. The molecule has 2 atom stereocenters. The monoisotopic (exact) mass is 226 g/mol. The second kappa shape index (κ2) is 5.64. The Hall–Kier alpha value is -0.610. The maximum Gasteiger partial charge on any atom is 0.249 e. The lowest BCUT2D eigenvalue weighted by atomic mass is 10.2. The molecule has 92 valence electrons. The van der Waals surface area contributed by atoms with Crippen molar-refractivity contribution in [3.8, 4) is 0 Å². The Morgan fingerprint density at radius 3 is 3.00 bits per heavy atom. The van der Waals surface area contributed by atoms with Gasteiger partial charge in [-0.1, -0.05) is 6.92 Å². The van der Waals surface area contributed by atoms with E-state index in [1.807, 2.05) is 0 Å². The molecule has 0 saturated carbocycles. The summed E-state index contributed by atoms with van der Waals surface area (Å²) >= 11 is 0. The Morgan fingerprint density at radius 1 is 1.44 bits per heavy atom. The summed E-state index contributed by atoms with van der Waals surface area (Å²) in [6.07, 6.45) is 4.18. The van der Waals surface area contributed by atoms with Crippen LogP contribution in [-0.4, -0.2) is 49.2 Å². The van der Waals surface area contributed by atoms with Crippen LogP contribution in [0, 0.1) is 0 Å². The van der Waals surface area contributed by atoms with Crippen LogP contribution in [0.15, 0.2) is 0 Å². The highest BCUT2D eigenvalue weighted by atomic mass is 16.5. The standard InChI is InChI=1S/C12H22N2O2/c1-2-14-7-3-5-10(14)9-13-12(15)11-6-4-8-16-11/h10-11H,2-9H2,1H3,(H,13,15). The van der Waals surface area contributed by atoms with Crippen LogP contribution in [0.2, 0.25) is 0 Å². The average Bonchev–Trinajstić information content (AvgIpc) is 2.96. The summed E-state index contributed by atoms with van der Waals surface area (Å²) < 4.78 is 5.36. The van der Waals surface area contributed by atoms with Crippen LogP contribution < -0.4 is 5.32 Å². The van der Waals surface area contributed by atoms with Gasteiger partial charge in [-0.15, -0.1) is 0 Å². The Labute approximate surface area is 97.3 Å². The molecule has 0 aromatic heterocycles. The molecule has 2 aliphatic rings. The number of hydrogen-bond donors (Lipinski definition) is 1. The van der Waals surface area contributed by atoms with Crippen molar-refractivity contribution in [1.29, 1.82) is 0 Å². The van der Waals surface area contributed by atoms with E-state index < -0.39 is 0 Å². The van der Waals surface area contributed by atoms with E-state index in [0.29, 0.717) is 6.04 Å². The normalized spacial score (nSPS) is 30.8. The number of likely N-dealkylation sites (tertiary alicyclic amines) is 1. The summed E-state index contributed by atoms with van der Waals surface area (Å²) in [4.78, 5) is 14.2. The molecule has 4 heteroatoms. The lowest BCUT2D eigenvalue weighted by Crippen LogP contribution is -2.43. The maximum absolute atomic E-state index is 11.7. The summed E-state index contributed by atoms with van der Waals surface area (Å²) in [7, 11) is 0. The van der Waals surface area contributed by atoms with Gasteiger partial charge in [0.15, 0.2) is 0 Å². The van der Waals surface area contributed by atoms with Crippen LogP contribution in [-0.2, 0) is 9.53 Å². The van der Waals surface area contributed by atoms with E-state index in [1.54, 1.807) is 0 Å². The van der Waals surface area contributed by atoms with E-state index in [9.17, 15) is 4.79 Å². The molecule has 2 aliphatic heterocycles. The van der Waals surface area contributed by atoms with Crippen molar-refractivity contribution in [2.75, 3.05) is 26.2 Å². The minimum Gasteiger partial charge on any atom is -0.368 e. The lowest BCUT2D eigenvalue weighted by molar-refractivity contribution is -0.130. The molecule has 2 fully saturated rings. The Bertz CT molecular complexity index is 239. The smallest absolute Gasteiger partial charge is 0.249 e. The fraction of sp³-hybridized carbons (Fsp3) is 0.917. The maximum atomic E-state index is 11.7. The SMILES string of the molecule is CCN1CCCC1CNC(=O)C1CCCO1. The van der Waals surface area contributed by atoms with E-state index in [4.69, 9.17) is 4.74 Å². The van der Waals surface area contributed by atoms with Gasteiger partial charge in [-0.25, -0.2) is 0 Å². The number of likely N-dealkylation sites (N-methyl/N-ethyl adjacent to an activating group) is 1. The van der Waals surface area contributed by atoms with E-state index in [2.05, 4.69) is 17.1 Å². The third-order valence-electron chi connectivity index (χ3n) is 3.64. The molecule has 1 N–H and O–H groups in total. The topological polar surface area (TPSA) is 41.6 Å². The average molecular weight is 226 g/mol. The quantitative estimate of drug-likeness (QED) is 0.769. The minimum atomic E-state index is -0.184. The fourth-order valence-corrected chi connectivity index (χ4v) is 2.66. The van der Waals surface area contributed by atoms with Crippen molar-refractivity contribution in [3.63, 3.8) is 0 Å². The van der Waals surface area contributed by atoms with Gasteiger partial charge in [0.05, 0.1) is 0 Å². The third kappa shape index (κ3) is 2.74. The number of nitrogens with one attached hydrogen (secondary N) is 1. The van der Waals surface area contributed by atoms with Crippen LogP contribution in [0.1, 0.15) is 32.6 Å². The number of nitrogens with zero attached hydrogens (tertiary/aromatic N) is 1. The van der Waals surface area contributed by atoms with Gasteiger partial charge in [0.2, 0.25) is 5.91 Å². The zero-order valence-corrected chi connectivity index (χ0v) is 10.1. The number of carbonyl (C=O) groups is 1. The van der Waals surface area contributed by atoms with Gasteiger partial charge in [-0.2, -0.15) is 0 Å². The van der Waals surface area contributed by atoms with E-state index in [-0.39, 0.29) is 12.0 Å².